The molecule has 1 heterocycles. The van der Waals surface area contributed by atoms with Gasteiger partial charge in [-0.2, -0.15) is 4.31 Å². The van der Waals surface area contributed by atoms with E-state index in [1.807, 2.05) is 31.2 Å². The number of rotatable bonds is 7. The van der Waals surface area contributed by atoms with Crippen molar-refractivity contribution in [2.45, 2.75) is 18.4 Å². The van der Waals surface area contributed by atoms with Gasteiger partial charge in [0.2, 0.25) is 10.0 Å². The molecule has 1 N–H and O–H groups in total. The summed E-state index contributed by atoms with van der Waals surface area (Å²) in [6.45, 7) is 4.23. The Hall–Kier alpha value is -2.42. The van der Waals surface area contributed by atoms with Crippen LogP contribution < -0.4 is 10.1 Å². The highest BCUT2D eigenvalue weighted by molar-refractivity contribution is 7.89. The molecule has 28 heavy (non-hydrogen) atoms. The second-order valence-corrected chi connectivity index (χ2v) is 8.20. The molecule has 2 aromatic carbocycles. The van der Waals surface area contributed by atoms with E-state index in [-0.39, 0.29) is 10.8 Å². The van der Waals surface area contributed by atoms with E-state index in [4.69, 9.17) is 9.47 Å². The summed E-state index contributed by atoms with van der Waals surface area (Å²) in [4.78, 5) is 12.6. The Morgan fingerprint density at radius 3 is 2.46 bits per heavy atom. The van der Waals surface area contributed by atoms with Crippen molar-refractivity contribution in [2.24, 2.45) is 0 Å². The third kappa shape index (κ3) is 4.70. The summed E-state index contributed by atoms with van der Waals surface area (Å²) in [5.41, 5.74) is 1.28. The summed E-state index contributed by atoms with van der Waals surface area (Å²) in [5.74, 6) is 0.457. The number of carbonyl (C=O) groups is 1. The molecule has 1 aliphatic heterocycles. The lowest BCUT2D eigenvalue weighted by atomic mass is 10.1. The zero-order valence-corrected chi connectivity index (χ0v) is 16.6. The molecule has 0 aliphatic carbocycles. The molecule has 1 fully saturated rings. The van der Waals surface area contributed by atoms with Crippen LogP contribution in [0, 0.1) is 0 Å². The van der Waals surface area contributed by atoms with Crippen molar-refractivity contribution < 1.29 is 22.7 Å². The number of sulfonamides is 1. The molecule has 1 amide bonds. The average molecular weight is 404 g/mol. The van der Waals surface area contributed by atoms with Gasteiger partial charge in [-0.3, -0.25) is 4.79 Å². The fourth-order valence-corrected chi connectivity index (χ4v) is 4.35. The molecule has 0 bridgehead atoms. The van der Waals surface area contributed by atoms with Crippen LogP contribution in [0.15, 0.2) is 53.4 Å². The number of nitrogens with zero attached hydrogens (tertiary/aromatic N) is 1. The van der Waals surface area contributed by atoms with Crippen LogP contribution in [0.25, 0.3) is 0 Å². The molecule has 1 aliphatic rings. The molecular formula is C20H24N2O5S. The highest BCUT2D eigenvalue weighted by Crippen LogP contribution is 2.19. The van der Waals surface area contributed by atoms with Crippen molar-refractivity contribution in [3.05, 3.63) is 59.7 Å². The molecule has 0 unspecified atom stereocenters. The van der Waals surface area contributed by atoms with Crippen molar-refractivity contribution in [1.82, 2.24) is 9.62 Å². The van der Waals surface area contributed by atoms with Gasteiger partial charge in [-0.25, -0.2) is 8.42 Å². The summed E-state index contributed by atoms with van der Waals surface area (Å²) in [5, 5.41) is 2.84. The van der Waals surface area contributed by atoms with Crippen LogP contribution in [0.3, 0.4) is 0 Å². The third-order valence-corrected chi connectivity index (χ3v) is 6.35. The van der Waals surface area contributed by atoms with Crippen LogP contribution in [0.2, 0.25) is 0 Å². The predicted octanol–water partition coefficient (Wildman–Crippen LogP) is 2.04. The average Bonchev–Trinajstić information content (AvgIpc) is 2.74. The molecule has 7 nitrogen and oxygen atoms in total. The Bertz CT molecular complexity index is 906. The molecule has 0 radical (unpaired) electrons. The van der Waals surface area contributed by atoms with Gasteiger partial charge in [-0.1, -0.05) is 18.2 Å². The van der Waals surface area contributed by atoms with Gasteiger partial charge in [0.25, 0.3) is 5.91 Å². The molecule has 2 aromatic rings. The molecule has 0 spiro atoms. The minimum absolute atomic E-state index is 0.174. The number of para-hydroxylation sites is 1. The van der Waals surface area contributed by atoms with E-state index in [0.717, 1.165) is 11.3 Å². The maximum atomic E-state index is 12.6. The van der Waals surface area contributed by atoms with Gasteiger partial charge in [0.1, 0.15) is 5.75 Å². The van der Waals surface area contributed by atoms with Crippen molar-refractivity contribution in [1.29, 1.82) is 0 Å². The van der Waals surface area contributed by atoms with Crippen molar-refractivity contribution in [3.63, 3.8) is 0 Å². The van der Waals surface area contributed by atoms with E-state index in [9.17, 15) is 13.2 Å². The molecular weight excluding hydrogens is 380 g/mol. The Morgan fingerprint density at radius 1 is 1.11 bits per heavy atom. The van der Waals surface area contributed by atoms with Crippen molar-refractivity contribution >= 4 is 15.9 Å². The molecule has 8 heteroatoms. The van der Waals surface area contributed by atoms with Gasteiger partial charge in [-0.15, -0.1) is 0 Å². The van der Waals surface area contributed by atoms with Gasteiger partial charge >= 0.3 is 0 Å². The number of hydrogen-bond donors (Lipinski definition) is 1. The first-order chi connectivity index (χ1) is 13.5. The van der Waals surface area contributed by atoms with Crippen LogP contribution in [0.1, 0.15) is 22.8 Å². The van der Waals surface area contributed by atoms with Gasteiger partial charge in [0, 0.05) is 30.8 Å². The summed E-state index contributed by atoms with van der Waals surface area (Å²) < 4.78 is 37.4. The summed E-state index contributed by atoms with van der Waals surface area (Å²) in [7, 11) is -3.57. The molecule has 0 saturated carbocycles. The van der Waals surface area contributed by atoms with Crippen LogP contribution >= 0.6 is 0 Å². The van der Waals surface area contributed by atoms with E-state index in [0.29, 0.717) is 45.0 Å². The molecule has 0 atom stereocenters. The number of nitrogens with one attached hydrogen (secondary N) is 1. The topological polar surface area (TPSA) is 84.9 Å². The molecule has 0 aromatic heterocycles. The maximum absolute atomic E-state index is 12.6. The van der Waals surface area contributed by atoms with E-state index >= 15 is 0 Å². The lowest BCUT2D eigenvalue weighted by molar-refractivity contribution is 0.0730. The normalized spacial score (nSPS) is 15.2. The fraction of sp³-hybridized carbons (Fsp3) is 0.350. The van der Waals surface area contributed by atoms with Gasteiger partial charge < -0.3 is 14.8 Å². The second-order valence-electron chi connectivity index (χ2n) is 6.26. The highest BCUT2D eigenvalue weighted by atomic mass is 32.2. The van der Waals surface area contributed by atoms with Gasteiger partial charge in [0.05, 0.1) is 24.7 Å². The summed E-state index contributed by atoms with van der Waals surface area (Å²) in [6.07, 6.45) is 0. The first-order valence-electron chi connectivity index (χ1n) is 9.19. The monoisotopic (exact) mass is 404 g/mol. The summed E-state index contributed by atoms with van der Waals surface area (Å²) >= 11 is 0. The third-order valence-electron chi connectivity index (χ3n) is 4.44. The van der Waals surface area contributed by atoms with E-state index in [2.05, 4.69) is 5.32 Å². The first-order valence-corrected chi connectivity index (χ1v) is 10.6. The minimum atomic E-state index is -3.57. The lowest BCUT2D eigenvalue weighted by Crippen LogP contribution is -2.40. The quantitative estimate of drug-likeness (QED) is 0.763. The zero-order chi connectivity index (χ0) is 20.0. The number of carbonyl (C=O) groups excluding carboxylic acids is 1. The number of hydrogen-bond acceptors (Lipinski definition) is 5. The Balaban J connectivity index is 1.65. The smallest absolute Gasteiger partial charge is 0.251 e. The number of benzene rings is 2. The number of morpholine rings is 1. The van der Waals surface area contributed by atoms with Gasteiger partial charge in [0.15, 0.2) is 0 Å². The Kier molecular flexibility index (Phi) is 6.66. The largest absolute Gasteiger partial charge is 0.494 e. The maximum Gasteiger partial charge on any atom is 0.251 e. The number of amides is 1. The van der Waals surface area contributed by atoms with Crippen molar-refractivity contribution in [3.8, 4) is 5.75 Å². The summed E-state index contributed by atoms with van der Waals surface area (Å²) in [6, 6.07) is 13.5. The van der Waals surface area contributed by atoms with E-state index in [1.165, 1.54) is 28.6 Å². The Labute approximate surface area is 165 Å². The molecule has 1 saturated heterocycles. The first kappa shape index (κ1) is 20.3. The molecule has 3 rings (SSSR count). The Morgan fingerprint density at radius 2 is 1.79 bits per heavy atom. The second kappa shape index (κ2) is 9.18. The van der Waals surface area contributed by atoms with Crippen LogP contribution in [0.4, 0.5) is 0 Å². The van der Waals surface area contributed by atoms with Gasteiger partial charge in [-0.05, 0) is 37.3 Å². The SMILES string of the molecule is CCOc1ccccc1CNC(=O)c1ccc(S(=O)(=O)N2CCOCC2)cc1. The highest BCUT2D eigenvalue weighted by Gasteiger charge is 2.26. The molecule has 150 valence electrons. The van der Waals surface area contributed by atoms with Crippen molar-refractivity contribution in [2.75, 3.05) is 32.9 Å². The zero-order valence-electron chi connectivity index (χ0n) is 15.8. The number of ether oxygens (including phenoxy) is 2. The fourth-order valence-electron chi connectivity index (χ4n) is 2.94. The van der Waals surface area contributed by atoms with E-state index in [1.54, 1.807) is 0 Å². The van der Waals surface area contributed by atoms with Crippen LogP contribution in [-0.4, -0.2) is 51.5 Å². The lowest BCUT2D eigenvalue weighted by Gasteiger charge is -2.26. The predicted molar refractivity (Wildman–Crippen MR) is 105 cm³/mol. The standard InChI is InChI=1S/C20H24N2O5S/c1-2-27-19-6-4-3-5-17(19)15-21-20(23)16-7-9-18(10-8-16)28(24,25)22-11-13-26-14-12-22/h3-10H,2,11-15H2,1H3,(H,21,23). The van der Waals surface area contributed by atoms with Crippen LogP contribution in [-0.2, 0) is 21.3 Å². The van der Waals surface area contributed by atoms with Crippen LogP contribution in [0.5, 0.6) is 5.75 Å². The van der Waals surface area contributed by atoms with E-state index < -0.39 is 10.0 Å². The minimum Gasteiger partial charge on any atom is -0.494 e.